The predicted octanol–water partition coefficient (Wildman–Crippen LogP) is 3.16. The molecule has 0 saturated carbocycles. The lowest BCUT2D eigenvalue weighted by molar-refractivity contribution is -0.135. The molecular formula is C27H41N3O6. The molecule has 200 valence electrons. The summed E-state index contributed by atoms with van der Waals surface area (Å²) in [6.07, 6.45) is 0.414. The molecule has 0 unspecified atom stereocenters. The van der Waals surface area contributed by atoms with Crippen molar-refractivity contribution in [1.29, 1.82) is 0 Å². The Labute approximate surface area is 214 Å². The van der Waals surface area contributed by atoms with Gasteiger partial charge in [-0.1, -0.05) is 71.9 Å². The molecule has 0 heterocycles. The Morgan fingerprint density at radius 2 is 1.17 bits per heavy atom. The molecule has 1 aromatic carbocycles. The minimum absolute atomic E-state index is 0.0544. The molecule has 9 heteroatoms. The van der Waals surface area contributed by atoms with Crippen molar-refractivity contribution in [3.63, 3.8) is 0 Å². The average Bonchev–Trinajstić information content (AvgIpc) is 2.80. The van der Waals surface area contributed by atoms with E-state index in [0.717, 1.165) is 5.56 Å². The standard InChI is InChI=1S/C27H41N3O6/c1-17(2)12-21(24(32)15-31)28-25(33)22(13-18(3)4)29-26(34)23(14-19(5)6)30-27(35)36-16-20-10-8-7-9-11-20/h7-11,15,17-19,21-23H,12-14,16H2,1-6H3,(H,28,33)(H,29,34)(H,30,35)/t21-,22-,23-/m0/s1. The van der Waals surface area contributed by atoms with Gasteiger partial charge in [0.25, 0.3) is 0 Å². The molecule has 0 aliphatic rings. The maximum Gasteiger partial charge on any atom is 0.408 e. The smallest absolute Gasteiger partial charge is 0.408 e. The van der Waals surface area contributed by atoms with Crippen LogP contribution < -0.4 is 16.0 Å². The van der Waals surface area contributed by atoms with Crippen molar-refractivity contribution in [2.75, 3.05) is 0 Å². The number of amides is 3. The van der Waals surface area contributed by atoms with Crippen LogP contribution in [0.5, 0.6) is 0 Å². The van der Waals surface area contributed by atoms with E-state index in [9.17, 15) is 24.0 Å². The number of ether oxygens (including phenoxy) is 1. The molecule has 0 spiro atoms. The van der Waals surface area contributed by atoms with Gasteiger partial charge >= 0.3 is 6.09 Å². The van der Waals surface area contributed by atoms with Crippen molar-refractivity contribution in [1.82, 2.24) is 16.0 Å². The van der Waals surface area contributed by atoms with E-state index < -0.39 is 41.8 Å². The van der Waals surface area contributed by atoms with Crippen LogP contribution in [0, 0.1) is 17.8 Å². The van der Waals surface area contributed by atoms with E-state index >= 15 is 0 Å². The number of alkyl carbamates (subject to hydrolysis) is 1. The summed E-state index contributed by atoms with van der Waals surface area (Å²) in [7, 11) is 0. The first kappa shape index (κ1) is 30.8. The van der Waals surface area contributed by atoms with Crippen LogP contribution in [0.4, 0.5) is 4.79 Å². The highest BCUT2D eigenvalue weighted by molar-refractivity contribution is 6.28. The summed E-state index contributed by atoms with van der Waals surface area (Å²) in [5.41, 5.74) is 0.812. The Kier molecular flexibility index (Phi) is 13.4. The molecule has 3 N–H and O–H groups in total. The molecule has 0 aliphatic heterocycles. The van der Waals surface area contributed by atoms with Gasteiger partial charge in [-0.3, -0.25) is 19.2 Å². The predicted molar refractivity (Wildman–Crippen MR) is 137 cm³/mol. The number of rotatable bonds is 15. The third-order valence-electron chi connectivity index (χ3n) is 5.35. The highest BCUT2D eigenvalue weighted by Gasteiger charge is 2.30. The van der Waals surface area contributed by atoms with Crippen molar-refractivity contribution >= 4 is 30.0 Å². The fraction of sp³-hybridized carbons (Fsp3) is 0.593. The van der Waals surface area contributed by atoms with E-state index in [1.54, 1.807) is 0 Å². The molecule has 3 atom stereocenters. The second kappa shape index (κ2) is 15.7. The molecule has 36 heavy (non-hydrogen) atoms. The van der Waals surface area contributed by atoms with E-state index in [1.807, 2.05) is 71.9 Å². The lowest BCUT2D eigenvalue weighted by Crippen LogP contribution is -2.56. The molecular weight excluding hydrogens is 462 g/mol. The van der Waals surface area contributed by atoms with E-state index in [2.05, 4.69) is 16.0 Å². The number of Topliss-reactive ketones (excluding diaryl/α,β-unsaturated/α-hetero) is 1. The summed E-state index contributed by atoms with van der Waals surface area (Å²) >= 11 is 0. The van der Waals surface area contributed by atoms with Gasteiger partial charge in [0.15, 0.2) is 6.29 Å². The number of hydrogen-bond acceptors (Lipinski definition) is 6. The minimum atomic E-state index is -0.959. The minimum Gasteiger partial charge on any atom is -0.445 e. The van der Waals surface area contributed by atoms with Crippen molar-refractivity contribution in [3.8, 4) is 0 Å². The molecule has 0 aromatic heterocycles. The van der Waals surface area contributed by atoms with Gasteiger partial charge in [-0.15, -0.1) is 0 Å². The maximum absolute atomic E-state index is 13.2. The number of ketones is 1. The molecule has 3 amide bonds. The summed E-state index contributed by atoms with van der Waals surface area (Å²) in [6.45, 7) is 11.4. The van der Waals surface area contributed by atoms with Gasteiger partial charge in [0.05, 0.1) is 6.04 Å². The average molecular weight is 504 g/mol. The fourth-order valence-electron chi connectivity index (χ4n) is 3.66. The highest BCUT2D eigenvalue weighted by atomic mass is 16.5. The SMILES string of the molecule is CC(C)C[C@H](NC(=O)[C@H](CC(C)C)NC(=O)[C@H](CC(C)C)NC(=O)OCc1ccccc1)C(=O)C=O. The Hall–Kier alpha value is -3.23. The number of benzene rings is 1. The zero-order valence-electron chi connectivity index (χ0n) is 22.2. The fourth-order valence-corrected chi connectivity index (χ4v) is 3.66. The van der Waals surface area contributed by atoms with Crippen LogP contribution in [-0.4, -0.2) is 48.1 Å². The molecule has 0 aliphatic carbocycles. The van der Waals surface area contributed by atoms with Gasteiger partial charge in [0, 0.05) is 0 Å². The van der Waals surface area contributed by atoms with Gasteiger partial charge in [0.1, 0.15) is 18.7 Å². The number of hydrogen-bond donors (Lipinski definition) is 3. The van der Waals surface area contributed by atoms with Crippen molar-refractivity contribution in [2.45, 2.75) is 85.5 Å². The van der Waals surface area contributed by atoms with Crippen LogP contribution in [0.2, 0.25) is 0 Å². The summed E-state index contributed by atoms with van der Waals surface area (Å²) in [5, 5.41) is 7.95. The summed E-state index contributed by atoms with van der Waals surface area (Å²) in [4.78, 5) is 61.7. The molecule has 0 fully saturated rings. The zero-order valence-corrected chi connectivity index (χ0v) is 22.2. The van der Waals surface area contributed by atoms with Gasteiger partial charge in [0.2, 0.25) is 17.6 Å². The second-order valence-corrected chi connectivity index (χ2v) is 10.3. The highest BCUT2D eigenvalue weighted by Crippen LogP contribution is 2.11. The van der Waals surface area contributed by atoms with E-state index in [4.69, 9.17) is 4.74 Å². The number of carbonyl (C=O) groups excluding carboxylic acids is 5. The van der Waals surface area contributed by atoms with Crippen molar-refractivity contribution in [2.24, 2.45) is 17.8 Å². The first-order valence-corrected chi connectivity index (χ1v) is 12.5. The quantitative estimate of drug-likeness (QED) is 0.249. The lowest BCUT2D eigenvalue weighted by Gasteiger charge is -2.26. The first-order chi connectivity index (χ1) is 16.9. The van der Waals surface area contributed by atoms with Crippen LogP contribution in [0.15, 0.2) is 30.3 Å². The maximum atomic E-state index is 13.2. The number of aldehydes is 1. The van der Waals surface area contributed by atoms with Crippen LogP contribution >= 0.6 is 0 Å². The van der Waals surface area contributed by atoms with Crippen LogP contribution in [-0.2, 0) is 30.5 Å². The number of carbonyl (C=O) groups is 5. The topological polar surface area (TPSA) is 131 Å². The first-order valence-electron chi connectivity index (χ1n) is 12.5. The Morgan fingerprint density at radius 1 is 0.722 bits per heavy atom. The van der Waals surface area contributed by atoms with Crippen LogP contribution in [0.3, 0.4) is 0 Å². The van der Waals surface area contributed by atoms with Gasteiger partial charge in [-0.25, -0.2) is 4.79 Å². The largest absolute Gasteiger partial charge is 0.445 e. The van der Waals surface area contributed by atoms with Gasteiger partial charge in [-0.05, 0) is 42.6 Å². The zero-order chi connectivity index (χ0) is 27.3. The Morgan fingerprint density at radius 3 is 1.64 bits per heavy atom. The molecule has 1 aromatic rings. The number of nitrogens with one attached hydrogen (secondary N) is 3. The Bertz CT molecular complexity index is 870. The van der Waals surface area contributed by atoms with E-state index in [0.29, 0.717) is 19.3 Å². The van der Waals surface area contributed by atoms with Crippen molar-refractivity contribution < 1.29 is 28.7 Å². The van der Waals surface area contributed by atoms with Gasteiger partial charge < -0.3 is 20.7 Å². The normalized spacial score (nSPS) is 13.6. The monoisotopic (exact) mass is 503 g/mol. The Balaban J connectivity index is 2.92. The molecule has 9 nitrogen and oxygen atoms in total. The van der Waals surface area contributed by atoms with Gasteiger partial charge in [-0.2, -0.15) is 0 Å². The summed E-state index contributed by atoms with van der Waals surface area (Å²) < 4.78 is 5.26. The molecule has 0 radical (unpaired) electrons. The molecule has 0 saturated heterocycles. The van der Waals surface area contributed by atoms with E-state index in [-0.39, 0.29) is 30.6 Å². The lowest BCUT2D eigenvalue weighted by atomic mass is 9.98. The third kappa shape index (κ3) is 12.0. The van der Waals surface area contributed by atoms with Crippen molar-refractivity contribution in [3.05, 3.63) is 35.9 Å². The van der Waals surface area contributed by atoms with Crippen LogP contribution in [0.1, 0.15) is 66.4 Å². The molecule has 1 rings (SSSR count). The second-order valence-electron chi connectivity index (χ2n) is 10.3. The molecule has 0 bridgehead atoms. The summed E-state index contributed by atoms with van der Waals surface area (Å²) in [6, 6.07) is 6.35. The van der Waals surface area contributed by atoms with E-state index in [1.165, 1.54) is 0 Å². The third-order valence-corrected chi connectivity index (χ3v) is 5.35. The summed E-state index contributed by atoms with van der Waals surface area (Å²) in [5.74, 6) is -1.59. The van der Waals surface area contributed by atoms with Crippen LogP contribution in [0.25, 0.3) is 0 Å².